The highest BCUT2D eigenvalue weighted by Gasteiger charge is 2.34. The first-order chi connectivity index (χ1) is 11.1. The van der Waals surface area contributed by atoms with E-state index in [9.17, 15) is 22.4 Å². The molecule has 0 fully saturated rings. The molecule has 2 aromatic heterocycles. The second-order valence-corrected chi connectivity index (χ2v) is 5.72. The summed E-state index contributed by atoms with van der Waals surface area (Å²) in [6.45, 7) is 1.61. The molecule has 0 spiro atoms. The van der Waals surface area contributed by atoms with E-state index in [1.54, 1.807) is 13.0 Å². The molecule has 126 valence electrons. The Morgan fingerprint density at radius 1 is 1.21 bits per heavy atom. The summed E-state index contributed by atoms with van der Waals surface area (Å²) in [5, 5.41) is 0.472. The summed E-state index contributed by atoms with van der Waals surface area (Å²) in [6.07, 6.45) is -4.69. The van der Waals surface area contributed by atoms with E-state index in [-0.39, 0.29) is 21.7 Å². The average Bonchev–Trinajstić information content (AvgIpc) is 2.84. The summed E-state index contributed by atoms with van der Waals surface area (Å²) in [4.78, 5) is 12.3. The minimum Gasteiger partial charge on any atom is -0.461 e. The van der Waals surface area contributed by atoms with Gasteiger partial charge < -0.3 is 8.98 Å². The number of halogens is 5. The van der Waals surface area contributed by atoms with Gasteiger partial charge in [-0.05, 0) is 31.2 Å². The first-order valence-electron chi connectivity index (χ1n) is 6.77. The number of hydrogen-bond donors (Lipinski definition) is 0. The van der Waals surface area contributed by atoms with Crippen LogP contribution >= 0.6 is 11.6 Å². The molecule has 0 unspecified atom stereocenters. The molecule has 0 N–H and O–H groups in total. The molecular formula is C16H10ClF4NO2. The van der Waals surface area contributed by atoms with E-state index in [4.69, 9.17) is 16.0 Å². The zero-order chi connectivity index (χ0) is 17.8. The van der Waals surface area contributed by atoms with Gasteiger partial charge in [0.1, 0.15) is 22.9 Å². The van der Waals surface area contributed by atoms with Crippen LogP contribution in [0.25, 0.3) is 22.1 Å². The minimum atomic E-state index is -4.69. The number of furan rings is 1. The molecule has 0 aliphatic carbocycles. The number of benzene rings is 1. The van der Waals surface area contributed by atoms with E-state index in [2.05, 4.69) is 0 Å². The highest BCUT2D eigenvalue weighted by Crippen LogP contribution is 2.37. The summed E-state index contributed by atoms with van der Waals surface area (Å²) >= 11 is 5.96. The molecule has 3 aromatic rings. The maximum Gasteiger partial charge on any atom is 0.431 e. The quantitative estimate of drug-likeness (QED) is 0.578. The van der Waals surface area contributed by atoms with Gasteiger partial charge in [0.05, 0.1) is 16.1 Å². The number of aromatic nitrogens is 1. The molecule has 8 heteroatoms. The van der Waals surface area contributed by atoms with Crippen LogP contribution < -0.4 is 5.56 Å². The van der Waals surface area contributed by atoms with E-state index in [1.807, 2.05) is 0 Å². The van der Waals surface area contributed by atoms with Crippen LogP contribution in [0.1, 0.15) is 11.5 Å². The molecule has 0 aliphatic heterocycles. The van der Waals surface area contributed by atoms with Crippen LogP contribution in [-0.4, -0.2) is 4.57 Å². The molecular weight excluding hydrogens is 350 g/mol. The molecule has 3 rings (SSSR count). The van der Waals surface area contributed by atoms with Crippen LogP contribution in [0.15, 0.2) is 33.5 Å². The molecule has 0 radical (unpaired) electrons. The summed E-state index contributed by atoms with van der Waals surface area (Å²) < 4.78 is 58.9. The Kier molecular flexibility index (Phi) is 3.71. The predicted octanol–water partition coefficient (Wildman–Crippen LogP) is 4.92. The molecule has 3 nitrogen and oxygen atoms in total. The minimum absolute atomic E-state index is 0.0226. The number of alkyl halides is 3. The molecule has 0 aliphatic rings. The fourth-order valence-corrected chi connectivity index (χ4v) is 2.84. The summed E-state index contributed by atoms with van der Waals surface area (Å²) in [5.74, 6) is -0.416. The number of pyridine rings is 1. The maximum absolute atomic E-state index is 14.4. The van der Waals surface area contributed by atoms with E-state index in [1.165, 1.54) is 0 Å². The van der Waals surface area contributed by atoms with Gasteiger partial charge in [-0.3, -0.25) is 4.79 Å². The smallest absolute Gasteiger partial charge is 0.431 e. The van der Waals surface area contributed by atoms with Crippen LogP contribution in [0.4, 0.5) is 17.6 Å². The normalized spacial score (nSPS) is 12.1. The monoisotopic (exact) mass is 359 g/mol. The fraction of sp³-hybridized carbons (Fsp3) is 0.188. The van der Waals surface area contributed by atoms with Gasteiger partial charge in [0.25, 0.3) is 5.56 Å². The Labute approximate surface area is 138 Å². The van der Waals surface area contributed by atoms with Gasteiger partial charge in [0.15, 0.2) is 0 Å². The second-order valence-electron chi connectivity index (χ2n) is 5.31. The fourth-order valence-electron chi connectivity index (χ4n) is 2.61. The van der Waals surface area contributed by atoms with Crippen molar-refractivity contribution in [2.75, 3.05) is 0 Å². The summed E-state index contributed by atoms with van der Waals surface area (Å²) in [5.41, 5.74) is -2.54. The van der Waals surface area contributed by atoms with E-state index in [0.29, 0.717) is 15.7 Å². The summed E-state index contributed by atoms with van der Waals surface area (Å²) in [7, 11) is 0.979. The number of rotatable bonds is 1. The standard InChI is InChI=1S/C16H10ClF4NO2/c1-7-5-9-10(17)6-11(18)13(14(9)24-7)8-3-4-12(16(19,20)21)22(2)15(8)23/h3-6H,1-2H3. The van der Waals surface area contributed by atoms with Gasteiger partial charge in [-0.15, -0.1) is 0 Å². The lowest BCUT2D eigenvalue weighted by Crippen LogP contribution is -2.26. The Bertz CT molecular complexity index is 1020. The number of fused-ring (bicyclic) bond motifs is 1. The van der Waals surface area contributed by atoms with Gasteiger partial charge in [-0.1, -0.05) is 11.6 Å². The van der Waals surface area contributed by atoms with Crippen LogP contribution in [-0.2, 0) is 13.2 Å². The highest BCUT2D eigenvalue weighted by molar-refractivity contribution is 6.35. The van der Waals surface area contributed by atoms with Crippen molar-refractivity contribution in [3.8, 4) is 11.1 Å². The molecule has 0 bridgehead atoms. The number of hydrogen-bond acceptors (Lipinski definition) is 2. The van der Waals surface area contributed by atoms with Gasteiger partial charge in [-0.25, -0.2) is 4.39 Å². The van der Waals surface area contributed by atoms with E-state index < -0.39 is 23.2 Å². The zero-order valence-electron chi connectivity index (χ0n) is 12.5. The Morgan fingerprint density at radius 2 is 1.88 bits per heavy atom. The van der Waals surface area contributed by atoms with Crippen molar-refractivity contribution in [2.45, 2.75) is 13.1 Å². The Hall–Kier alpha value is -2.28. The average molecular weight is 360 g/mol. The van der Waals surface area contributed by atoms with Crippen LogP contribution in [0.5, 0.6) is 0 Å². The topological polar surface area (TPSA) is 35.1 Å². The van der Waals surface area contributed by atoms with Gasteiger partial charge in [-0.2, -0.15) is 13.2 Å². The molecule has 0 saturated carbocycles. The molecule has 2 heterocycles. The molecule has 0 amide bonds. The largest absolute Gasteiger partial charge is 0.461 e. The number of aryl methyl sites for hydroxylation is 1. The van der Waals surface area contributed by atoms with Gasteiger partial charge >= 0.3 is 6.18 Å². The van der Waals surface area contributed by atoms with Crippen LogP contribution in [0, 0.1) is 12.7 Å². The van der Waals surface area contributed by atoms with Gasteiger partial charge in [0, 0.05) is 12.4 Å². The van der Waals surface area contributed by atoms with E-state index >= 15 is 0 Å². The van der Waals surface area contributed by atoms with E-state index in [0.717, 1.165) is 25.2 Å². The Morgan fingerprint density at radius 3 is 2.50 bits per heavy atom. The SMILES string of the molecule is Cc1cc2c(Cl)cc(F)c(-c3ccc(C(F)(F)F)n(C)c3=O)c2o1. The zero-order valence-corrected chi connectivity index (χ0v) is 13.2. The van der Waals surface area contributed by atoms with Crippen molar-refractivity contribution in [1.82, 2.24) is 4.57 Å². The maximum atomic E-state index is 14.4. The van der Waals surface area contributed by atoms with Crippen molar-refractivity contribution in [3.05, 3.63) is 56.9 Å². The second kappa shape index (κ2) is 5.37. The molecule has 0 saturated heterocycles. The lowest BCUT2D eigenvalue weighted by atomic mass is 10.0. The first-order valence-corrected chi connectivity index (χ1v) is 7.15. The van der Waals surface area contributed by atoms with Crippen molar-refractivity contribution in [3.63, 3.8) is 0 Å². The third-order valence-electron chi connectivity index (χ3n) is 3.70. The molecule has 24 heavy (non-hydrogen) atoms. The highest BCUT2D eigenvalue weighted by atomic mass is 35.5. The lowest BCUT2D eigenvalue weighted by Gasteiger charge is -2.13. The molecule has 1 aromatic carbocycles. The predicted molar refractivity (Wildman–Crippen MR) is 81.6 cm³/mol. The van der Waals surface area contributed by atoms with Crippen LogP contribution in [0.3, 0.4) is 0 Å². The third-order valence-corrected chi connectivity index (χ3v) is 4.01. The number of nitrogens with zero attached hydrogens (tertiary/aromatic N) is 1. The van der Waals surface area contributed by atoms with Crippen molar-refractivity contribution in [2.24, 2.45) is 7.05 Å². The summed E-state index contributed by atoms with van der Waals surface area (Å²) in [6, 6.07) is 4.24. The first kappa shape index (κ1) is 16.6. The van der Waals surface area contributed by atoms with Crippen molar-refractivity contribution < 1.29 is 22.0 Å². The molecule has 0 atom stereocenters. The lowest BCUT2D eigenvalue weighted by molar-refractivity contribution is -0.143. The van der Waals surface area contributed by atoms with Crippen molar-refractivity contribution >= 4 is 22.6 Å². The van der Waals surface area contributed by atoms with Crippen LogP contribution in [0.2, 0.25) is 5.02 Å². The van der Waals surface area contributed by atoms with Crippen molar-refractivity contribution in [1.29, 1.82) is 0 Å². The van der Waals surface area contributed by atoms with Gasteiger partial charge in [0.2, 0.25) is 0 Å². The third kappa shape index (κ3) is 2.49. The Balaban J connectivity index is 2.37.